The molecule has 0 aromatic rings. The van der Waals surface area contributed by atoms with Crippen LogP contribution in [0.2, 0.25) is 0 Å². The van der Waals surface area contributed by atoms with E-state index < -0.39 is 0 Å². The molecule has 0 aromatic heterocycles. The van der Waals surface area contributed by atoms with Crippen molar-refractivity contribution in [3.8, 4) is 0 Å². The molecule has 0 nitrogen and oxygen atoms in total. The van der Waals surface area contributed by atoms with Crippen LogP contribution in [-0.2, 0) is 0 Å². The van der Waals surface area contributed by atoms with Gasteiger partial charge < -0.3 is 0 Å². The fourth-order valence-electron chi connectivity index (χ4n) is 4.86. The van der Waals surface area contributed by atoms with Gasteiger partial charge >= 0.3 is 0 Å². The quantitative estimate of drug-likeness (QED) is 0.0663. The van der Waals surface area contributed by atoms with Gasteiger partial charge in [-0.3, -0.25) is 0 Å². The van der Waals surface area contributed by atoms with E-state index in [1.54, 1.807) is 0 Å². The lowest BCUT2D eigenvalue weighted by Gasteiger charge is -2.03. The van der Waals surface area contributed by atoms with Crippen molar-refractivity contribution in [3.63, 3.8) is 0 Å². The minimum absolute atomic E-state index is 1.13. The van der Waals surface area contributed by atoms with E-state index in [-0.39, 0.29) is 0 Å². The van der Waals surface area contributed by atoms with Gasteiger partial charge in [-0.15, -0.1) is 0 Å². The van der Waals surface area contributed by atoms with Crippen molar-refractivity contribution in [1.82, 2.24) is 0 Å². The number of rotatable bonds is 30. The van der Waals surface area contributed by atoms with Crippen LogP contribution in [0.15, 0.2) is 48.6 Å². The Labute approximate surface area is 235 Å². The van der Waals surface area contributed by atoms with Gasteiger partial charge in [0.05, 0.1) is 0 Å². The lowest BCUT2D eigenvalue weighted by atomic mass is 10.0. The molecule has 0 aromatic carbocycles. The predicted octanol–water partition coefficient (Wildman–Crippen LogP) is 13.8. The highest BCUT2D eigenvalue weighted by atomic mass is 14.0. The fraction of sp³-hybridized carbons (Fsp3) is 0.784. The summed E-state index contributed by atoms with van der Waals surface area (Å²) in [6.07, 6.45) is 56.0. The summed E-state index contributed by atoms with van der Waals surface area (Å²) in [6, 6.07) is 0. The molecule has 0 spiro atoms. The van der Waals surface area contributed by atoms with Gasteiger partial charge in [-0.2, -0.15) is 0 Å². The van der Waals surface area contributed by atoms with Crippen LogP contribution in [0.25, 0.3) is 0 Å². The molecule has 37 heavy (non-hydrogen) atoms. The third-order valence-corrected chi connectivity index (χ3v) is 7.40. The van der Waals surface area contributed by atoms with Crippen LogP contribution in [0.5, 0.6) is 0 Å². The molecule has 0 heteroatoms. The summed E-state index contributed by atoms with van der Waals surface area (Å²) in [7, 11) is 0. The molecule has 0 amide bonds. The first kappa shape index (κ1) is 36.0. The van der Waals surface area contributed by atoms with Gasteiger partial charge in [0.1, 0.15) is 0 Å². The first-order chi connectivity index (χ1) is 18.4. The van der Waals surface area contributed by atoms with Crippen molar-refractivity contribution in [2.24, 2.45) is 0 Å². The monoisotopic (exact) mass is 513 g/mol. The Morgan fingerprint density at radius 1 is 0.243 bits per heavy atom. The Morgan fingerprint density at radius 3 is 0.703 bits per heavy atom. The molecule has 0 rings (SSSR count). The molecule has 0 radical (unpaired) electrons. The maximum absolute atomic E-state index is 2.39. The summed E-state index contributed by atoms with van der Waals surface area (Å²) < 4.78 is 0. The van der Waals surface area contributed by atoms with Crippen molar-refractivity contribution in [2.75, 3.05) is 0 Å². The number of allylic oxidation sites excluding steroid dienone is 8. The van der Waals surface area contributed by atoms with Crippen molar-refractivity contribution in [2.45, 2.75) is 187 Å². The fourth-order valence-corrected chi connectivity index (χ4v) is 4.86. The number of unbranched alkanes of at least 4 members (excludes halogenated alkanes) is 22. The minimum atomic E-state index is 1.13. The van der Waals surface area contributed by atoms with Crippen LogP contribution in [0.3, 0.4) is 0 Å². The summed E-state index contributed by atoms with van der Waals surface area (Å²) in [6.45, 7) is 4.54. The third-order valence-electron chi connectivity index (χ3n) is 7.40. The highest BCUT2D eigenvalue weighted by Crippen LogP contribution is 2.14. The number of hydrogen-bond acceptors (Lipinski definition) is 0. The average Bonchev–Trinajstić information content (AvgIpc) is 2.91. The maximum atomic E-state index is 2.39. The zero-order valence-corrected chi connectivity index (χ0v) is 25.7. The summed E-state index contributed by atoms with van der Waals surface area (Å²) in [5, 5.41) is 0. The second-order valence-corrected chi connectivity index (χ2v) is 11.2. The summed E-state index contributed by atoms with van der Waals surface area (Å²) in [5.74, 6) is 0. The summed E-state index contributed by atoms with van der Waals surface area (Å²) >= 11 is 0. The molecule has 0 N–H and O–H groups in total. The molecule has 216 valence electrons. The highest BCUT2D eigenvalue weighted by molar-refractivity contribution is 4.93. The lowest BCUT2D eigenvalue weighted by Crippen LogP contribution is -1.83. The molecule has 0 aliphatic rings. The van der Waals surface area contributed by atoms with E-state index in [4.69, 9.17) is 0 Å². The highest BCUT2D eigenvalue weighted by Gasteiger charge is 1.94. The maximum Gasteiger partial charge on any atom is -0.0169 e. The van der Waals surface area contributed by atoms with Gasteiger partial charge in [-0.25, -0.2) is 0 Å². The van der Waals surface area contributed by atoms with E-state index in [9.17, 15) is 0 Å². The minimum Gasteiger partial charge on any atom is -0.0882 e. The first-order valence-corrected chi connectivity index (χ1v) is 17.0. The lowest BCUT2D eigenvalue weighted by molar-refractivity contribution is 0.531. The van der Waals surface area contributed by atoms with Crippen LogP contribution in [0, 0.1) is 0 Å². The van der Waals surface area contributed by atoms with E-state index in [1.165, 1.54) is 161 Å². The average molecular weight is 513 g/mol. The van der Waals surface area contributed by atoms with Gasteiger partial charge in [-0.05, 0) is 64.2 Å². The Kier molecular flexibility index (Phi) is 34.0. The Balaban J connectivity index is 3.16. The zero-order valence-electron chi connectivity index (χ0n) is 25.7. The van der Waals surface area contributed by atoms with E-state index in [0.29, 0.717) is 0 Å². The predicted molar refractivity (Wildman–Crippen MR) is 173 cm³/mol. The molecule has 0 atom stereocenters. The van der Waals surface area contributed by atoms with Crippen molar-refractivity contribution in [1.29, 1.82) is 0 Å². The summed E-state index contributed by atoms with van der Waals surface area (Å²) in [5.41, 5.74) is 0. The van der Waals surface area contributed by atoms with Gasteiger partial charge in [-0.1, -0.05) is 172 Å². The van der Waals surface area contributed by atoms with Crippen molar-refractivity contribution >= 4 is 0 Å². The Hall–Kier alpha value is -1.04. The Morgan fingerprint density at radius 2 is 0.459 bits per heavy atom. The van der Waals surface area contributed by atoms with Crippen LogP contribution in [0.1, 0.15) is 187 Å². The second-order valence-electron chi connectivity index (χ2n) is 11.2. The zero-order chi connectivity index (χ0) is 26.7. The van der Waals surface area contributed by atoms with Gasteiger partial charge in [0.25, 0.3) is 0 Å². The largest absolute Gasteiger partial charge is 0.0882 e. The molecule has 0 fully saturated rings. The molecule has 0 heterocycles. The Bertz CT molecular complexity index is 460. The SMILES string of the molecule is CCCCCC=CCC=CCCCCCCCCCCCCCCCCCC=CCC=CCCCCC. The van der Waals surface area contributed by atoms with Crippen LogP contribution in [-0.4, -0.2) is 0 Å². The van der Waals surface area contributed by atoms with Crippen LogP contribution in [0.4, 0.5) is 0 Å². The first-order valence-electron chi connectivity index (χ1n) is 17.0. The van der Waals surface area contributed by atoms with E-state index in [1.807, 2.05) is 0 Å². The topological polar surface area (TPSA) is 0 Å². The van der Waals surface area contributed by atoms with Crippen LogP contribution < -0.4 is 0 Å². The summed E-state index contributed by atoms with van der Waals surface area (Å²) in [4.78, 5) is 0. The molecular weight excluding hydrogens is 444 g/mol. The molecule has 0 saturated carbocycles. The molecule has 0 aliphatic heterocycles. The molecule has 0 aliphatic carbocycles. The normalized spacial score (nSPS) is 12.4. The van der Waals surface area contributed by atoms with E-state index >= 15 is 0 Å². The smallest absolute Gasteiger partial charge is 0.0169 e. The van der Waals surface area contributed by atoms with Crippen molar-refractivity contribution in [3.05, 3.63) is 48.6 Å². The third kappa shape index (κ3) is 35.0. The van der Waals surface area contributed by atoms with Gasteiger partial charge in [0.15, 0.2) is 0 Å². The second kappa shape index (κ2) is 35.0. The van der Waals surface area contributed by atoms with Crippen molar-refractivity contribution < 1.29 is 0 Å². The number of hydrogen-bond donors (Lipinski definition) is 0. The molecular formula is C37H68. The van der Waals surface area contributed by atoms with Crippen LogP contribution >= 0.6 is 0 Å². The van der Waals surface area contributed by atoms with Gasteiger partial charge in [0.2, 0.25) is 0 Å². The standard InChI is InChI=1S/C37H68/c1-3-5-7-9-11-13-15-17-19-21-23-25-27-29-31-33-35-37-36-34-32-30-28-26-24-22-20-18-16-14-12-10-8-6-4-2/h11-14,17-20H,3-10,15-16,21-37H2,1-2H3. The molecule has 0 saturated heterocycles. The van der Waals surface area contributed by atoms with E-state index in [2.05, 4.69) is 62.5 Å². The molecule has 0 unspecified atom stereocenters. The van der Waals surface area contributed by atoms with E-state index in [0.717, 1.165) is 12.8 Å². The molecule has 0 bridgehead atoms. The van der Waals surface area contributed by atoms with Gasteiger partial charge in [0, 0.05) is 0 Å².